The molecular weight excluding hydrogens is 188 g/mol. The summed E-state index contributed by atoms with van der Waals surface area (Å²) in [5.74, 6) is 0. The number of hydrogen-bond acceptors (Lipinski definition) is 2. The van der Waals surface area contributed by atoms with Gasteiger partial charge in [0.1, 0.15) is 6.29 Å². The summed E-state index contributed by atoms with van der Waals surface area (Å²) in [6.45, 7) is 6.64. The molecule has 15 heavy (non-hydrogen) atoms. The first-order valence-electron chi connectivity index (χ1n) is 5.31. The maximum atomic E-state index is 10.7. The molecule has 2 nitrogen and oxygen atoms in total. The lowest BCUT2D eigenvalue weighted by atomic mass is 10.0. The molecule has 1 aromatic carbocycles. The first-order chi connectivity index (χ1) is 7.27. The Morgan fingerprint density at radius 3 is 2.53 bits per heavy atom. The average Bonchev–Trinajstić information content (AvgIpc) is 2.30. The largest absolute Gasteiger partial charge is 0.384 e. The predicted octanol–water partition coefficient (Wildman–Crippen LogP) is 3.02. The Bertz CT molecular complexity index is 293. The van der Waals surface area contributed by atoms with E-state index in [1.807, 2.05) is 39.0 Å². The van der Waals surface area contributed by atoms with Crippen LogP contribution in [-0.4, -0.2) is 20.0 Å². The Hall–Kier alpha value is -1.15. The summed E-state index contributed by atoms with van der Waals surface area (Å²) in [6.07, 6.45) is 1.70. The molecule has 0 N–H and O–H groups in total. The number of aryl methyl sites for hydroxylation is 1. The van der Waals surface area contributed by atoms with E-state index in [1.54, 1.807) is 7.11 Å². The lowest BCUT2D eigenvalue weighted by Crippen LogP contribution is -1.99. The van der Waals surface area contributed by atoms with Gasteiger partial charge in [-0.15, -0.1) is 0 Å². The molecule has 1 rings (SSSR count). The van der Waals surface area contributed by atoms with Gasteiger partial charge >= 0.3 is 0 Å². The van der Waals surface area contributed by atoms with Crippen LogP contribution >= 0.6 is 0 Å². The van der Waals surface area contributed by atoms with E-state index in [2.05, 4.69) is 0 Å². The van der Waals surface area contributed by atoms with Gasteiger partial charge in [-0.1, -0.05) is 31.5 Å². The molecule has 2 heteroatoms. The molecular formula is C13H20O2. The third kappa shape index (κ3) is 4.75. The highest BCUT2D eigenvalue weighted by Gasteiger charge is 2.00. The molecule has 0 unspecified atom stereocenters. The van der Waals surface area contributed by atoms with Gasteiger partial charge in [-0.05, 0) is 25.0 Å². The molecule has 0 amide bonds. The van der Waals surface area contributed by atoms with Gasteiger partial charge in [0, 0.05) is 12.7 Å². The van der Waals surface area contributed by atoms with E-state index < -0.39 is 0 Å². The second kappa shape index (κ2) is 8.18. The second-order valence-electron chi connectivity index (χ2n) is 3.06. The second-order valence-corrected chi connectivity index (χ2v) is 3.06. The molecule has 0 saturated carbocycles. The number of carbonyl (C=O) groups is 1. The van der Waals surface area contributed by atoms with E-state index in [0.29, 0.717) is 6.61 Å². The topological polar surface area (TPSA) is 26.3 Å². The summed E-state index contributed by atoms with van der Waals surface area (Å²) < 4.78 is 4.96. The van der Waals surface area contributed by atoms with Crippen LogP contribution < -0.4 is 0 Å². The van der Waals surface area contributed by atoms with Gasteiger partial charge in [0.15, 0.2) is 0 Å². The van der Waals surface area contributed by atoms with Gasteiger partial charge in [0.2, 0.25) is 0 Å². The van der Waals surface area contributed by atoms with Gasteiger partial charge in [-0.25, -0.2) is 0 Å². The smallest absolute Gasteiger partial charge is 0.150 e. The first kappa shape index (κ1) is 13.8. The number of methoxy groups -OCH3 is 1. The molecule has 0 spiro atoms. The fourth-order valence-corrected chi connectivity index (χ4v) is 1.26. The fraction of sp³-hybridized carbons (Fsp3) is 0.462. The van der Waals surface area contributed by atoms with Crippen molar-refractivity contribution in [1.29, 1.82) is 0 Å². The zero-order chi connectivity index (χ0) is 11.7. The number of rotatable bonds is 4. The Labute approximate surface area is 92.3 Å². The van der Waals surface area contributed by atoms with Crippen molar-refractivity contribution in [2.45, 2.75) is 27.2 Å². The first-order valence-corrected chi connectivity index (χ1v) is 5.31. The molecule has 84 valence electrons. The van der Waals surface area contributed by atoms with Crippen LogP contribution in [0.15, 0.2) is 18.2 Å². The minimum absolute atomic E-state index is 0.657. The minimum Gasteiger partial charge on any atom is -0.384 e. The molecule has 0 aliphatic heterocycles. The van der Waals surface area contributed by atoms with E-state index in [0.717, 1.165) is 29.4 Å². The van der Waals surface area contributed by atoms with E-state index in [4.69, 9.17) is 4.74 Å². The van der Waals surface area contributed by atoms with E-state index >= 15 is 0 Å². The SMILES string of the molecule is CC.COCCc1ccc(C)cc1C=O. The van der Waals surface area contributed by atoms with Crippen molar-refractivity contribution in [2.24, 2.45) is 0 Å². The molecule has 0 heterocycles. The standard InChI is InChI=1S/C11H14O2.C2H6/c1-9-3-4-10(5-6-13-2)11(7-9)8-12;1-2/h3-4,7-8H,5-6H2,1-2H3;1-2H3. The number of ether oxygens (including phenoxy) is 1. The Balaban J connectivity index is 0.000000921. The Kier molecular flexibility index (Phi) is 7.56. The quantitative estimate of drug-likeness (QED) is 0.711. The summed E-state index contributed by atoms with van der Waals surface area (Å²) >= 11 is 0. The minimum atomic E-state index is 0.657. The molecule has 1 aromatic rings. The van der Waals surface area contributed by atoms with Crippen molar-refractivity contribution in [3.05, 3.63) is 34.9 Å². The molecule has 0 aliphatic rings. The Morgan fingerprint density at radius 1 is 1.33 bits per heavy atom. The van der Waals surface area contributed by atoms with E-state index in [9.17, 15) is 4.79 Å². The van der Waals surface area contributed by atoms with Crippen molar-refractivity contribution < 1.29 is 9.53 Å². The van der Waals surface area contributed by atoms with Crippen LogP contribution in [0, 0.1) is 6.92 Å². The van der Waals surface area contributed by atoms with Crippen LogP contribution in [0.4, 0.5) is 0 Å². The van der Waals surface area contributed by atoms with Crippen LogP contribution in [0.1, 0.15) is 35.3 Å². The summed E-state index contributed by atoms with van der Waals surface area (Å²) in [5.41, 5.74) is 2.95. The molecule has 0 atom stereocenters. The van der Waals surface area contributed by atoms with Gasteiger partial charge in [-0.2, -0.15) is 0 Å². The van der Waals surface area contributed by atoms with Crippen molar-refractivity contribution in [1.82, 2.24) is 0 Å². The van der Waals surface area contributed by atoms with Gasteiger partial charge in [0.05, 0.1) is 6.61 Å². The monoisotopic (exact) mass is 208 g/mol. The van der Waals surface area contributed by atoms with Crippen LogP contribution in [-0.2, 0) is 11.2 Å². The number of hydrogen-bond donors (Lipinski definition) is 0. The van der Waals surface area contributed by atoms with Crippen LogP contribution in [0.25, 0.3) is 0 Å². The van der Waals surface area contributed by atoms with Crippen LogP contribution in [0.2, 0.25) is 0 Å². The maximum absolute atomic E-state index is 10.7. The molecule has 0 radical (unpaired) electrons. The highest BCUT2D eigenvalue weighted by molar-refractivity contribution is 5.77. The number of carbonyl (C=O) groups excluding carboxylic acids is 1. The van der Waals surface area contributed by atoms with Gasteiger partial charge in [0.25, 0.3) is 0 Å². The zero-order valence-electron chi connectivity index (χ0n) is 10.0. The van der Waals surface area contributed by atoms with E-state index in [1.165, 1.54) is 0 Å². The highest BCUT2D eigenvalue weighted by Crippen LogP contribution is 2.10. The normalized spacial score (nSPS) is 9.07. The van der Waals surface area contributed by atoms with Gasteiger partial charge < -0.3 is 4.74 Å². The van der Waals surface area contributed by atoms with Crippen LogP contribution in [0.3, 0.4) is 0 Å². The molecule has 0 saturated heterocycles. The summed E-state index contributed by atoms with van der Waals surface area (Å²) in [5, 5.41) is 0. The van der Waals surface area contributed by atoms with Crippen molar-refractivity contribution in [3.63, 3.8) is 0 Å². The highest BCUT2D eigenvalue weighted by atomic mass is 16.5. The fourth-order valence-electron chi connectivity index (χ4n) is 1.26. The third-order valence-electron chi connectivity index (χ3n) is 2.00. The molecule has 0 aromatic heterocycles. The van der Waals surface area contributed by atoms with Crippen LogP contribution in [0.5, 0.6) is 0 Å². The maximum Gasteiger partial charge on any atom is 0.150 e. The molecule has 0 fully saturated rings. The molecule has 0 bridgehead atoms. The summed E-state index contributed by atoms with van der Waals surface area (Å²) in [4.78, 5) is 10.7. The van der Waals surface area contributed by atoms with E-state index in [-0.39, 0.29) is 0 Å². The number of aldehydes is 1. The van der Waals surface area contributed by atoms with Gasteiger partial charge in [-0.3, -0.25) is 4.79 Å². The number of benzene rings is 1. The summed E-state index contributed by atoms with van der Waals surface area (Å²) in [7, 11) is 1.66. The molecule has 0 aliphatic carbocycles. The van der Waals surface area contributed by atoms with Crippen molar-refractivity contribution in [2.75, 3.05) is 13.7 Å². The average molecular weight is 208 g/mol. The zero-order valence-corrected chi connectivity index (χ0v) is 10.0. The van der Waals surface area contributed by atoms with Crippen molar-refractivity contribution >= 4 is 6.29 Å². The van der Waals surface area contributed by atoms with Crippen molar-refractivity contribution in [3.8, 4) is 0 Å². The summed E-state index contributed by atoms with van der Waals surface area (Å²) in [6, 6.07) is 5.90. The lowest BCUT2D eigenvalue weighted by Gasteiger charge is -2.04. The predicted molar refractivity (Wildman–Crippen MR) is 63.5 cm³/mol. The lowest BCUT2D eigenvalue weighted by molar-refractivity contribution is 0.112. The third-order valence-corrected chi connectivity index (χ3v) is 2.00. The Morgan fingerprint density at radius 2 is 2.00 bits per heavy atom.